The van der Waals surface area contributed by atoms with Crippen LogP contribution in [0.4, 0.5) is 0 Å². The van der Waals surface area contributed by atoms with Crippen LogP contribution in [-0.2, 0) is 19.5 Å². The minimum Gasteiger partial charge on any atom is -0.380 e. The van der Waals surface area contributed by atoms with E-state index in [1.165, 1.54) is 4.31 Å². The van der Waals surface area contributed by atoms with Crippen LogP contribution >= 0.6 is 0 Å². The summed E-state index contributed by atoms with van der Waals surface area (Å²) < 4.78 is 36.8. The first kappa shape index (κ1) is 13.2. The van der Waals surface area contributed by atoms with E-state index in [2.05, 4.69) is 0 Å². The van der Waals surface area contributed by atoms with Crippen molar-refractivity contribution in [2.24, 2.45) is 5.73 Å². The number of rotatable bonds is 3. The zero-order valence-corrected chi connectivity index (χ0v) is 10.7. The Morgan fingerprint density at radius 2 is 2.18 bits per heavy atom. The van der Waals surface area contributed by atoms with Crippen molar-refractivity contribution in [3.05, 3.63) is 0 Å². The van der Waals surface area contributed by atoms with Crippen molar-refractivity contribution in [2.75, 3.05) is 39.5 Å². The summed E-state index contributed by atoms with van der Waals surface area (Å²) in [6, 6.07) is 0. The van der Waals surface area contributed by atoms with Crippen LogP contribution < -0.4 is 5.73 Å². The summed E-state index contributed by atoms with van der Waals surface area (Å²) in [7, 11) is -3.26. The smallest absolute Gasteiger partial charge is 0.219 e. The van der Waals surface area contributed by atoms with E-state index in [1.807, 2.05) is 0 Å². The fourth-order valence-corrected chi connectivity index (χ4v) is 4.08. The molecule has 2 aliphatic heterocycles. The van der Waals surface area contributed by atoms with Crippen molar-refractivity contribution >= 4 is 10.0 Å². The van der Waals surface area contributed by atoms with Crippen molar-refractivity contribution in [1.29, 1.82) is 0 Å². The second-order valence-corrected chi connectivity index (χ2v) is 6.68. The largest absolute Gasteiger partial charge is 0.380 e. The van der Waals surface area contributed by atoms with Gasteiger partial charge in [-0.25, -0.2) is 8.42 Å². The molecule has 2 aliphatic rings. The van der Waals surface area contributed by atoms with Crippen LogP contribution in [0.1, 0.15) is 12.8 Å². The van der Waals surface area contributed by atoms with Gasteiger partial charge in [0, 0.05) is 26.2 Å². The molecule has 100 valence electrons. The number of nitrogens with two attached hydrogens (primary N) is 1. The molecule has 0 aromatic rings. The van der Waals surface area contributed by atoms with Crippen molar-refractivity contribution in [1.82, 2.24) is 4.31 Å². The first-order valence-corrected chi connectivity index (χ1v) is 7.53. The topological polar surface area (TPSA) is 81.9 Å². The summed E-state index contributed by atoms with van der Waals surface area (Å²) >= 11 is 0. The van der Waals surface area contributed by atoms with E-state index in [0.717, 1.165) is 6.42 Å². The summed E-state index contributed by atoms with van der Waals surface area (Å²) in [5.74, 6) is 0. The Morgan fingerprint density at radius 1 is 1.35 bits per heavy atom. The van der Waals surface area contributed by atoms with E-state index in [1.54, 1.807) is 0 Å². The van der Waals surface area contributed by atoms with Crippen LogP contribution in [0.5, 0.6) is 0 Å². The quantitative estimate of drug-likeness (QED) is 0.718. The second-order valence-electron chi connectivity index (χ2n) is 4.47. The molecule has 2 saturated heterocycles. The first-order chi connectivity index (χ1) is 8.14. The summed E-state index contributed by atoms with van der Waals surface area (Å²) in [4.78, 5) is 0. The average molecular weight is 264 g/mol. The van der Waals surface area contributed by atoms with Gasteiger partial charge in [0.2, 0.25) is 10.0 Å². The highest BCUT2D eigenvalue weighted by Gasteiger charge is 2.36. The van der Waals surface area contributed by atoms with Gasteiger partial charge in [0.05, 0.1) is 24.6 Å². The Kier molecular flexibility index (Phi) is 4.37. The summed E-state index contributed by atoms with van der Waals surface area (Å²) in [5, 5.41) is -0.396. The molecule has 2 rings (SSSR count). The first-order valence-electron chi connectivity index (χ1n) is 6.03. The van der Waals surface area contributed by atoms with Gasteiger partial charge in [-0.3, -0.25) is 0 Å². The average Bonchev–Trinajstić information content (AvgIpc) is 2.40. The number of hydrogen-bond acceptors (Lipinski definition) is 5. The van der Waals surface area contributed by atoms with Gasteiger partial charge in [-0.05, 0) is 12.8 Å². The lowest BCUT2D eigenvalue weighted by atomic mass is 10.2. The Hall–Kier alpha value is -0.210. The van der Waals surface area contributed by atoms with Gasteiger partial charge in [0.1, 0.15) is 0 Å². The van der Waals surface area contributed by atoms with Crippen LogP contribution in [0.3, 0.4) is 0 Å². The Morgan fingerprint density at radius 3 is 2.82 bits per heavy atom. The fourth-order valence-electron chi connectivity index (χ4n) is 2.22. The molecule has 0 aromatic heterocycles. The van der Waals surface area contributed by atoms with Crippen LogP contribution in [0.2, 0.25) is 0 Å². The summed E-state index contributed by atoms with van der Waals surface area (Å²) in [5.41, 5.74) is 5.52. The number of nitrogens with zero attached hydrogens (tertiary/aromatic N) is 1. The molecule has 2 fully saturated rings. The molecular formula is C10H20N2O4S. The molecule has 0 aromatic carbocycles. The lowest BCUT2D eigenvalue weighted by Gasteiger charge is -2.35. The van der Waals surface area contributed by atoms with Crippen LogP contribution in [-0.4, -0.2) is 63.5 Å². The molecule has 17 heavy (non-hydrogen) atoms. The van der Waals surface area contributed by atoms with E-state index in [0.29, 0.717) is 45.9 Å². The number of hydrogen-bond donors (Lipinski definition) is 1. The van der Waals surface area contributed by atoms with Gasteiger partial charge in [0.15, 0.2) is 0 Å². The Bertz CT molecular complexity index is 340. The molecular weight excluding hydrogens is 244 g/mol. The van der Waals surface area contributed by atoms with Gasteiger partial charge < -0.3 is 15.2 Å². The van der Waals surface area contributed by atoms with Gasteiger partial charge in [0.25, 0.3) is 0 Å². The lowest BCUT2D eigenvalue weighted by molar-refractivity contribution is 0.00328. The monoisotopic (exact) mass is 264 g/mol. The molecule has 0 saturated carbocycles. The molecule has 2 heterocycles. The Labute approximate surface area is 102 Å². The zero-order valence-electron chi connectivity index (χ0n) is 9.88. The zero-order chi connectivity index (χ0) is 12.3. The third-order valence-electron chi connectivity index (χ3n) is 3.26. The highest BCUT2D eigenvalue weighted by Crippen LogP contribution is 2.20. The molecule has 6 nitrogen and oxygen atoms in total. The summed E-state index contributed by atoms with van der Waals surface area (Å²) in [6.45, 7) is 2.56. The van der Waals surface area contributed by atoms with E-state index in [-0.39, 0.29) is 6.10 Å². The van der Waals surface area contributed by atoms with Crippen molar-refractivity contribution in [2.45, 2.75) is 24.2 Å². The third kappa shape index (κ3) is 2.97. The van der Waals surface area contributed by atoms with Gasteiger partial charge >= 0.3 is 0 Å². The minimum absolute atomic E-state index is 0.178. The second kappa shape index (κ2) is 5.62. The molecule has 0 radical (unpaired) electrons. The fraction of sp³-hybridized carbons (Fsp3) is 1.00. The molecule has 0 spiro atoms. The predicted octanol–water partition coefficient (Wildman–Crippen LogP) is -0.845. The Balaban J connectivity index is 2.03. The number of ether oxygens (including phenoxy) is 2. The van der Waals surface area contributed by atoms with Crippen molar-refractivity contribution < 1.29 is 17.9 Å². The third-order valence-corrected chi connectivity index (χ3v) is 5.53. The molecule has 7 heteroatoms. The highest BCUT2D eigenvalue weighted by molar-refractivity contribution is 7.89. The van der Waals surface area contributed by atoms with E-state index in [4.69, 9.17) is 15.2 Å². The van der Waals surface area contributed by atoms with Gasteiger partial charge in [-0.15, -0.1) is 0 Å². The SMILES string of the molecule is NCC1CN(S(=O)(=O)C2CCCOC2)CCO1. The summed E-state index contributed by atoms with van der Waals surface area (Å²) in [6.07, 6.45) is 1.32. The maximum absolute atomic E-state index is 12.4. The minimum atomic E-state index is -3.26. The van der Waals surface area contributed by atoms with Crippen molar-refractivity contribution in [3.8, 4) is 0 Å². The standard InChI is InChI=1S/C10H20N2O4S/c11-6-9-7-12(3-5-16-9)17(13,14)10-2-1-4-15-8-10/h9-10H,1-8,11H2. The normalized spacial score (nSPS) is 32.5. The van der Waals surface area contributed by atoms with Crippen LogP contribution in [0, 0.1) is 0 Å². The lowest BCUT2D eigenvalue weighted by Crippen LogP contribution is -2.51. The molecule has 0 bridgehead atoms. The maximum Gasteiger partial charge on any atom is 0.219 e. The van der Waals surface area contributed by atoms with Gasteiger partial charge in [-0.1, -0.05) is 0 Å². The molecule has 2 N–H and O–H groups in total. The molecule has 0 amide bonds. The molecule has 2 atom stereocenters. The van der Waals surface area contributed by atoms with Crippen LogP contribution in [0.25, 0.3) is 0 Å². The molecule has 2 unspecified atom stereocenters. The predicted molar refractivity (Wildman–Crippen MR) is 63.1 cm³/mol. The van der Waals surface area contributed by atoms with E-state index >= 15 is 0 Å². The maximum atomic E-state index is 12.4. The van der Waals surface area contributed by atoms with Crippen LogP contribution in [0.15, 0.2) is 0 Å². The van der Waals surface area contributed by atoms with E-state index < -0.39 is 15.3 Å². The highest BCUT2D eigenvalue weighted by atomic mass is 32.2. The van der Waals surface area contributed by atoms with Crippen molar-refractivity contribution in [3.63, 3.8) is 0 Å². The molecule has 0 aliphatic carbocycles. The number of morpholine rings is 1. The van der Waals surface area contributed by atoms with E-state index in [9.17, 15) is 8.42 Å². The van der Waals surface area contributed by atoms with Gasteiger partial charge in [-0.2, -0.15) is 4.31 Å². The number of sulfonamides is 1.